The van der Waals surface area contributed by atoms with E-state index in [1.165, 1.54) is 18.9 Å². The molecule has 0 radical (unpaired) electrons. The van der Waals surface area contributed by atoms with Gasteiger partial charge in [0.15, 0.2) is 11.2 Å². The number of halogens is 1. The maximum Gasteiger partial charge on any atom is 0.325 e. The SMILES string of the molecule is O=c1[nH]cc(I)c(=O)[nH]1.O=c1[nH]cnc2nc[nH]c12. The standard InChI is InChI=1S/C5H4N4O.C4H3IN2O2/c10-5-3-4(7-1-6-3)8-2-9-5;5-2-1-6-4(9)7-3(2)8/h1-2H,(H2,6,7,8,9,10);1H,(H2,6,7,8,9). The molecule has 0 aliphatic carbocycles. The first kappa shape index (κ1) is 13.2. The molecule has 0 amide bonds. The van der Waals surface area contributed by atoms with Crippen molar-refractivity contribution in [2.24, 2.45) is 0 Å². The van der Waals surface area contributed by atoms with E-state index in [0.29, 0.717) is 14.7 Å². The molecule has 3 rings (SSSR count). The van der Waals surface area contributed by atoms with E-state index in [1.807, 2.05) is 22.6 Å². The fourth-order valence-corrected chi connectivity index (χ4v) is 1.46. The van der Waals surface area contributed by atoms with Gasteiger partial charge < -0.3 is 15.0 Å². The molecule has 0 unspecified atom stereocenters. The van der Waals surface area contributed by atoms with Crippen LogP contribution in [0.3, 0.4) is 0 Å². The van der Waals surface area contributed by atoms with Crippen molar-refractivity contribution < 1.29 is 0 Å². The molecule has 0 aromatic carbocycles. The van der Waals surface area contributed by atoms with Crippen molar-refractivity contribution in [1.82, 2.24) is 29.9 Å². The molecule has 0 atom stereocenters. The molecule has 10 heteroatoms. The molecule has 9 nitrogen and oxygen atoms in total. The fourth-order valence-electron chi connectivity index (χ4n) is 1.17. The van der Waals surface area contributed by atoms with Gasteiger partial charge in [-0.05, 0) is 22.6 Å². The highest BCUT2D eigenvalue weighted by atomic mass is 127. The summed E-state index contributed by atoms with van der Waals surface area (Å²) in [5.41, 5.74) is -0.145. The van der Waals surface area contributed by atoms with E-state index in [2.05, 4.69) is 29.9 Å². The number of fused-ring (bicyclic) bond motifs is 1. The van der Waals surface area contributed by atoms with Crippen LogP contribution in [0.15, 0.2) is 33.2 Å². The van der Waals surface area contributed by atoms with E-state index in [-0.39, 0.29) is 11.1 Å². The van der Waals surface area contributed by atoms with Crippen LogP contribution in [-0.2, 0) is 0 Å². The largest absolute Gasteiger partial charge is 0.339 e. The van der Waals surface area contributed by atoms with E-state index >= 15 is 0 Å². The van der Waals surface area contributed by atoms with E-state index in [0.717, 1.165) is 0 Å². The maximum atomic E-state index is 10.9. The Balaban J connectivity index is 0.000000141. The lowest BCUT2D eigenvalue weighted by molar-refractivity contribution is 1.02. The number of hydrogen-bond acceptors (Lipinski definition) is 5. The van der Waals surface area contributed by atoms with E-state index < -0.39 is 5.69 Å². The summed E-state index contributed by atoms with van der Waals surface area (Å²) in [5, 5.41) is 0. The molecule has 3 aromatic heterocycles. The first-order valence-corrected chi connectivity index (χ1v) is 6.00. The zero-order chi connectivity index (χ0) is 13.8. The number of nitrogens with one attached hydrogen (secondary N) is 4. The number of hydrogen-bond donors (Lipinski definition) is 4. The molecular formula is C9H7IN6O3. The highest BCUT2D eigenvalue weighted by molar-refractivity contribution is 14.1. The lowest BCUT2D eigenvalue weighted by atomic mass is 10.6. The molecule has 0 saturated heterocycles. The fraction of sp³-hybridized carbons (Fsp3) is 0. The van der Waals surface area contributed by atoms with Gasteiger partial charge in [0.1, 0.15) is 0 Å². The van der Waals surface area contributed by atoms with Gasteiger partial charge in [-0.3, -0.25) is 14.6 Å². The predicted molar refractivity (Wildman–Crippen MR) is 74.9 cm³/mol. The molecular weight excluding hydrogens is 367 g/mol. The molecule has 3 heterocycles. The lowest BCUT2D eigenvalue weighted by Crippen LogP contribution is -2.22. The van der Waals surface area contributed by atoms with E-state index in [4.69, 9.17) is 0 Å². The Morgan fingerprint density at radius 2 is 1.63 bits per heavy atom. The second-order valence-corrected chi connectivity index (χ2v) is 4.41. The summed E-state index contributed by atoms with van der Waals surface area (Å²) < 4.78 is 0.479. The van der Waals surface area contributed by atoms with Crippen molar-refractivity contribution in [2.75, 3.05) is 0 Å². The van der Waals surface area contributed by atoms with Gasteiger partial charge in [0.25, 0.3) is 11.1 Å². The summed E-state index contributed by atoms with van der Waals surface area (Å²) in [7, 11) is 0. The number of nitrogens with zero attached hydrogens (tertiary/aromatic N) is 2. The van der Waals surface area contributed by atoms with Crippen molar-refractivity contribution in [3.63, 3.8) is 0 Å². The summed E-state index contributed by atoms with van der Waals surface area (Å²) >= 11 is 1.83. The second kappa shape index (κ2) is 5.60. The smallest absolute Gasteiger partial charge is 0.325 e. The van der Waals surface area contributed by atoms with Crippen LogP contribution in [0.1, 0.15) is 0 Å². The predicted octanol–water partition coefficient (Wildman–Crippen LogP) is -0.686. The van der Waals surface area contributed by atoms with Gasteiger partial charge in [-0.25, -0.2) is 14.8 Å². The number of aromatic amines is 4. The Bertz CT molecular complexity index is 860. The molecule has 4 N–H and O–H groups in total. The van der Waals surface area contributed by atoms with Crippen molar-refractivity contribution in [3.05, 3.63) is 53.6 Å². The molecule has 98 valence electrons. The van der Waals surface area contributed by atoms with Crippen LogP contribution in [-0.4, -0.2) is 29.9 Å². The van der Waals surface area contributed by atoms with Crippen molar-refractivity contribution in [3.8, 4) is 0 Å². The van der Waals surface area contributed by atoms with Gasteiger partial charge in [0.2, 0.25) is 0 Å². The van der Waals surface area contributed by atoms with Gasteiger partial charge in [-0.1, -0.05) is 0 Å². The Labute approximate surface area is 117 Å². The number of rotatable bonds is 0. The van der Waals surface area contributed by atoms with Gasteiger partial charge in [0.05, 0.1) is 16.2 Å². The third-order valence-corrected chi connectivity index (χ3v) is 2.80. The van der Waals surface area contributed by atoms with Crippen LogP contribution >= 0.6 is 22.6 Å². The Kier molecular flexibility index (Phi) is 3.89. The summed E-state index contributed by atoms with van der Waals surface area (Å²) in [5.74, 6) is 0. The number of imidazole rings is 1. The van der Waals surface area contributed by atoms with E-state index in [9.17, 15) is 14.4 Å². The molecule has 0 bridgehead atoms. The van der Waals surface area contributed by atoms with Crippen molar-refractivity contribution >= 4 is 33.8 Å². The van der Waals surface area contributed by atoms with Crippen molar-refractivity contribution in [2.45, 2.75) is 0 Å². The lowest BCUT2D eigenvalue weighted by Gasteiger charge is -1.82. The minimum absolute atomic E-state index is 0.192. The number of H-pyrrole nitrogens is 4. The zero-order valence-corrected chi connectivity index (χ0v) is 11.4. The Morgan fingerprint density at radius 1 is 0.947 bits per heavy atom. The van der Waals surface area contributed by atoms with Crippen LogP contribution in [0.4, 0.5) is 0 Å². The molecule has 0 aliphatic heterocycles. The summed E-state index contributed by atoms with van der Waals surface area (Å²) in [6.45, 7) is 0. The van der Waals surface area contributed by atoms with Crippen LogP contribution < -0.4 is 16.8 Å². The van der Waals surface area contributed by atoms with E-state index in [1.54, 1.807) is 0 Å². The van der Waals surface area contributed by atoms with Crippen LogP contribution in [0.25, 0.3) is 11.2 Å². The molecule has 0 spiro atoms. The van der Waals surface area contributed by atoms with Crippen LogP contribution in [0.5, 0.6) is 0 Å². The summed E-state index contributed by atoms with van der Waals surface area (Å²) in [6.07, 6.45) is 4.13. The van der Waals surface area contributed by atoms with Gasteiger partial charge in [-0.2, -0.15) is 0 Å². The average molecular weight is 374 g/mol. The Hall–Kier alpha value is -2.24. The highest BCUT2D eigenvalue weighted by Crippen LogP contribution is 1.94. The van der Waals surface area contributed by atoms with Crippen LogP contribution in [0.2, 0.25) is 0 Å². The second-order valence-electron chi connectivity index (χ2n) is 3.25. The van der Waals surface area contributed by atoms with Crippen molar-refractivity contribution in [1.29, 1.82) is 0 Å². The third-order valence-electron chi connectivity index (χ3n) is 2.00. The first-order valence-electron chi connectivity index (χ1n) is 4.92. The molecule has 3 aromatic rings. The molecule has 0 fully saturated rings. The quantitative estimate of drug-likeness (QED) is 0.386. The average Bonchev–Trinajstić information content (AvgIpc) is 2.85. The normalized spacial score (nSPS) is 9.95. The van der Waals surface area contributed by atoms with Gasteiger partial charge in [-0.15, -0.1) is 0 Å². The minimum atomic E-state index is -0.472. The molecule has 19 heavy (non-hydrogen) atoms. The Morgan fingerprint density at radius 3 is 2.21 bits per heavy atom. The third kappa shape index (κ3) is 3.15. The van der Waals surface area contributed by atoms with Crippen LogP contribution in [0, 0.1) is 3.57 Å². The number of aromatic nitrogens is 6. The van der Waals surface area contributed by atoms with Gasteiger partial charge in [0, 0.05) is 6.20 Å². The highest BCUT2D eigenvalue weighted by Gasteiger charge is 1.97. The molecule has 0 saturated carbocycles. The zero-order valence-electron chi connectivity index (χ0n) is 9.23. The minimum Gasteiger partial charge on any atom is -0.339 e. The topological polar surface area (TPSA) is 140 Å². The summed E-state index contributed by atoms with van der Waals surface area (Å²) in [4.78, 5) is 48.8. The first-order chi connectivity index (χ1) is 9.08. The molecule has 0 aliphatic rings. The monoisotopic (exact) mass is 374 g/mol. The summed E-state index contributed by atoms with van der Waals surface area (Å²) in [6, 6.07) is 0. The maximum absolute atomic E-state index is 10.9. The van der Waals surface area contributed by atoms with Gasteiger partial charge >= 0.3 is 5.69 Å².